The Balaban J connectivity index is 2.74. The van der Waals surface area contributed by atoms with Crippen molar-refractivity contribution in [2.24, 2.45) is 0 Å². The van der Waals surface area contributed by atoms with Crippen molar-refractivity contribution in [3.8, 4) is 0 Å². The summed E-state index contributed by atoms with van der Waals surface area (Å²) in [6.45, 7) is 3.95. The molecule has 5 nitrogen and oxygen atoms in total. The monoisotopic (exact) mass is 205 g/mol. The largest absolute Gasteiger partial charge is 0.478 e. The second kappa shape index (κ2) is 3.34. The highest BCUT2D eigenvalue weighted by Crippen LogP contribution is 2.18. The SMILES string of the molecule is CC(C)n1ncc2c(C(=O)O)ccnc21. The number of aromatic carboxylic acids is 1. The Hall–Kier alpha value is -1.91. The van der Waals surface area contributed by atoms with Gasteiger partial charge in [0.1, 0.15) is 0 Å². The van der Waals surface area contributed by atoms with Crippen LogP contribution >= 0.6 is 0 Å². The lowest BCUT2D eigenvalue weighted by Gasteiger charge is -2.05. The fourth-order valence-corrected chi connectivity index (χ4v) is 1.51. The average Bonchev–Trinajstić information content (AvgIpc) is 2.59. The number of nitrogens with zero attached hydrogens (tertiary/aromatic N) is 3. The van der Waals surface area contributed by atoms with Crippen LogP contribution in [0.2, 0.25) is 0 Å². The van der Waals surface area contributed by atoms with Crippen LogP contribution in [0.15, 0.2) is 18.5 Å². The van der Waals surface area contributed by atoms with Crippen molar-refractivity contribution in [2.45, 2.75) is 19.9 Å². The van der Waals surface area contributed by atoms with Crippen LogP contribution in [0.25, 0.3) is 11.0 Å². The normalized spacial score (nSPS) is 11.1. The van der Waals surface area contributed by atoms with Gasteiger partial charge in [0.15, 0.2) is 5.65 Å². The number of carboxylic acids is 1. The van der Waals surface area contributed by atoms with Crippen molar-refractivity contribution in [1.29, 1.82) is 0 Å². The molecular weight excluding hydrogens is 194 g/mol. The molecule has 2 heterocycles. The first kappa shape index (κ1) is 9.64. The molecule has 2 aromatic heterocycles. The van der Waals surface area contributed by atoms with Crippen LogP contribution in [0.1, 0.15) is 30.2 Å². The highest BCUT2D eigenvalue weighted by atomic mass is 16.4. The molecular formula is C10H11N3O2. The van der Waals surface area contributed by atoms with Crippen LogP contribution in [-0.2, 0) is 0 Å². The number of carbonyl (C=O) groups is 1. The van der Waals surface area contributed by atoms with Crippen LogP contribution in [0.3, 0.4) is 0 Å². The first-order valence-corrected chi connectivity index (χ1v) is 4.66. The Morgan fingerprint density at radius 3 is 2.87 bits per heavy atom. The molecule has 1 N–H and O–H groups in total. The molecule has 0 fully saturated rings. The lowest BCUT2D eigenvalue weighted by molar-refractivity contribution is 0.0699. The van der Waals surface area contributed by atoms with Gasteiger partial charge in [0.2, 0.25) is 0 Å². The van der Waals surface area contributed by atoms with Gasteiger partial charge in [0.25, 0.3) is 0 Å². The standard InChI is InChI=1S/C10H11N3O2/c1-6(2)13-9-8(5-12-13)7(10(14)15)3-4-11-9/h3-6H,1-2H3,(H,14,15). The van der Waals surface area contributed by atoms with Crippen molar-refractivity contribution in [3.63, 3.8) is 0 Å². The molecule has 0 aliphatic carbocycles. The van der Waals surface area contributed by atoms with Gasteiger partial charge in [0.05, 0.1) is 17.1 Å². The lowest BCUT2D eigenvalue weighted by Crippen LogP contribution is -2.04. The molecule has 0 aliphatic heterocycles. The van der Waals surface area contributed by atoms with Crippen LogP contribution in [0, 0.1) is 0 Å². The third-order valence-corrected chi connectivity index (χ3v) is 2.22. The van der Waals surface area contributed by atoms with Gasteiger partial charge >= 0.3 is 5.97 Å². The van der Waals surface area contributed by atoms with Gasteiger partial charge in [-0.25, -0.2) is 14.5 Å². The summed E-state index contributed by atoms with van der Waals surface area (Å²) in [5, 5.41) is 13.7. The van der Waals surface area contributed by atoms with Gasteiger partial charge in [-0.05, 0) is 19.9 Å². The predicted octanol–water partition coefficient (Wildman–Crippen LogP) is 1.71. The number of pyridine rings is 1. The molecule has 0 aromatic carbocycles. The fourth-order valence-electron chi connectivity index (χ4n) is 1.51. The number of fused-ring (bicyclic) bond motifs is 1. The van der Waals surface area contributed by atoms with Crippen molar-refractivity contribution in [2.75, 3.05) is 0 Å². The van der Waals surface area contributed by atoms with Gasteiger partial charge in [-0.2, -0.15) is 5.10 Å². The van der Waals surface area contributed by atoms with E-state index in [1.165, 1.54) is 12.3 Å². The topological polar surface area (TPSA) is 68.0 Å². The van der Waals surface area contributed by atoms with Crippen LogP contribution < -0.4 is 0 Å². The summed E-state index contributed by atoms with van der Waals surface area (Å²) < 4.78 is 1.71. The van der Waals surface area contributed by atoms with Crippen LogP contribution in [-0.4, -0.2) is 25.8 Å². The smallest absolute Gasteiger partial charge is 0.336 e. The molecule has 2 aromatic rings. The third-order valence-electron chi connectivity index (χ3n) is 2.22. The lowest BCUT2D eigenvalue weighted by atomic mass is 10.2. The Morgan fingerprint density at radius 1 is 1.53 bits per heavy atom. The Labute approximate surface area is 86.4 Å². The Morgan fingerprint density at radius 2 is 2.27 bits per heavy atom. The number of rotatable bonds is 2. The summed E-state index contributed by atoms with van der Waals surface area (Å²) in [5.41, 5.74) is 0.858. The Kier molecular flexibility index (Phi) is 2.15. The minimum absolute atomic E-state index is 0.166. The van der Waals surface area contributed by atoms with Gasteiger partial charge in [-0.3, -0.25) is 0 Å². The van der Waals surface area contributed by atoms with E-state index in [0.717, 1.165) is 0 Å². The number of hydrogen-bond donors (Lipinski definition) is 1. The van der Waals surface area contributed by atoms with E-state index in [0.29, 0.717) is 11.0 Å². The minimum atomic E-state index is -0.953. The molecule has 0 aliphatic rings. The molecule has 78 valence electrons. The van der Waals surface area contributed by atoms with E-state index in [1.807, 2.05) is 13.8 Å². The maximum absolute atomic E-state index is 10.9. The molecule has 0 atom stereocenters. The Bertz CT molecular complexity index is 516. The van der Waals surface area contributed by atoms with Crippen molar-refractivity contribution < 1.29 is 9.90 Å². The summed E-state index contributed by atoms with van der Waals surface area (Å²) in [6.07, 6.45) is 3.04. The van der Waals surface area contributed by atoms with E-state index in [9.17, 15) is 4.79 Å². The molecule has 15 heavy (non-hydrogen) atoms. The van der Waals surface area contributed by atoms with E-state index < -0.39 is 5.97 Å². The quantitative estimate of drug-likeness (QED) is 0.810. The van der Waals surface area contributed by atoms with Crippen molar-refractivity contribution in [3.05, 3.63) is 24.0 Å². The number of hydrogen-bond acceptors (Lipinski definition) is 3. The molecule has 0 radical (unpaired) electrons. The first-order valence-electron chi connectivity index (χ1n) is 4.66. The average molecular weight is 205 g/mol. The predicted molar refractivity (Wildman–Crippen MR) is 54.9 cm³/mol. The molecule has 2 rings (SSSR count). The summed E-state index contributed by atoms with van der Waals surface area (Å²) in [4.78, 5) is 15.1. The van der Waals surface area contributed by atoms with Gasteiger partial charge in [-0.15, -0.1) is 0 Å². The van der Waals surface area contributed by atoms with Crippen LogP contribution in [0.5, 0.6) is 0 Å². The molecule has 0 saturated heterocycles. The molecule has 0 spiro atoms. The summed E-state index contributed by atoms with van der Waals surface area (Å²) in [5.74, 6) is -0.953. The van der Waals surface area contributed by atoms with Gasteiger partial charge in [0, 0.05) is 12.2 Å². The summed E-state index contributed by atoms with van der Waals surface area (Å²) in [6, 6.07) is 1.65. The van der Waals surface area contributed by atoms with Crippen LogP contribution in [0.4, 0.5) is 0 Å². The van der Waals surface area contributed by atoms with Gasteiger partial charge in [-0.1, -0.05) is 0 Å². The van der Waals surface area contributed by atoms with E-state index in [4.69, 9.17) is 5.11 Å². The third kappa shape index (κ3) is 1.45. The zero-order valence-corrected chi connectivity index (χ0v) is 8.51. The highest BCUT2D eigenvalue weighted by molar-refractivity contribution is 6.01. The first-order chi connectivity index (χ1) is 7.11. The number of aromatic nitrogens is 3. The van der Waals surface area contributed by atoms with E-state index >= 15 is 0 Å². The van der Waals surface area contributed by atoms with Crippen molar-refractivity contribution >= 4 is 17.0 Å². The molecule has 0 unspecified atom stereocenters. The van der Waals surface area contributed by atoms with E-state index in [2.05, 4.69) is 10.1 Å². The molecule has 5 heteroatoms. The van der Waals surface area contributed by atoms with Crippen molar-refractivity contribution in [1.82, 2.24) is 14.8 Å². The second-order valence-corrected chi connectivity index (χ2v) is 3.58. The zero-order chi connectivity index (χ0) is 11.0. The fraction of sp³-hybridized carbons (Fsp3) is 0.300. The maximum atomic E-state index is 10.9. The van der Waals surface area contributed by atoms with E-state index in [1.54, 1.807) is 10.9 Å². The molecule has 0 saturated carbocycles. The zero-order valence-electron chi connectivity index (χ0n) is 8.51. The maximum Gasteiger partial charge on any atom is 0.336 e. The van der Waals surface area contributed by atoms with E-state index in [-0.39, 0.29) is 11.6 Å². The molecule has 0 amide bonds. The highest BCUT2D eigenvalue weighted by Gasteiger charge is 2.13. The number of carboxylic acid groups (broad SMARTS) is 1. The summed E-state index contributed by atoms with van der Waals surface area (Å²) >= 11 is 0. The minimum Gasteiger partial charge on any atom is -0.478 e. The molecule has 0 bridgehead atoms. The van der Waals surface area contributed by atoms with Gasteiger partial charge < -0.3 is 5.11 Å². The summed E-state index contributed by atoms with van der Waals surface area (Å²) in [7, 11) is 0. The second-order valence-electron chi connectivity index (χ2n) is 3.58.